The number of anilines is 1. The van der Waals surface area contributed by atoms with E-state index in [0.717, 1.165) is 0 Å². The summed E-state index contributed by atoms with van der Waals surface area (Å²) in [6.07, 6.45) is 2.92. The van der Waals surface area contributed by atoms with E-state index in [1.165, 1.54) is 12.4 Å². The summed E-state index contributed by atoms with van der Waals surface area (Å²) in [5, 5.41) is 11.7. The zero-order valence-corrected chi connectivity index (χ0v) is 17.9. The summed E-state index contributed by atoms with van der Waals surface area (Å²) in [6, 6.07) is 10.5. The molecule has 1 atom stereocenters. The second-order valence-electron chi connectivity index (χ2n) is 7.15. The third-order valence-electron chi connectivity index (χ3n) is 4.28. The predicted octanol–water partition coefficient (Wildman–Crippen LogP) is 2.70. The highest BCUT2D eigenvalue weighted by molar-refractivity contribution is 7.90. The average molecular weight is 432 g/mol. The van der Waals surface area contributed by atoms with Gasteiger partial charge in [0.25, 0.3) is 16.1 Å². The molecule has 2 aromatic heterocycles. The molecule has 2 heterocycles. The van der Waals surface area contributed by atoms with Crippen LogP contribution < -0.4 is 18.9 Å². The molecule has 0 amide bonds. The zero-order chi connectivity index (χ0) is 21.7. The van der Waals surface area contributed by atoms with E-state index in [4.69, 9.17) is 4.74 Å². The number of hydrogen-bond donors (Lipinski definition) is 2. The SMILES string of the molecule is CCCNS(=O)(=O)Nc1nc2ccccc2nc1O[C@@H](c1ccc[n+]([O-])c1)C(C)C. The molecule has 0 saturated heterocycles. The molecule has 0 unspecified atom stereocenters. The van der Waals surface area contributed by atoms with Crippen molar-refractivity contribution in [3.05, 3.63) is 59.6 Å². The number of nitrogens with zero attached hydrogens (tertiary/aromatic N) is 3. The molecule has 1 aromatic carbocycles. The van der Waals surface area contributed by atoms with E-state index in [-0.39, 0.29) is 24.2 Å². The first-order valence-corrected chi connectivity index (χ1v) is 11.2. The number of nitrogens with one attached hydrogen (secondary N) is 2. The molecule has 0 bridgehead atoms. The highest BCUT2D eigenvalue weighted by Gasteiger charge is 2.24. The molecule has 3 rings (SSSR count). The largest absolute Gasteiger partial charge is 0.619 e. The van der Waals surface area contributed by atoms with Gasteiger partial charge in [0.05, 0.1) is 16.6 Å². The van der Waals surface area contributed by atoms with Gasteiger partial charge >= 0.3 is 0 Å². The summed E-state index contributed by atoms with van der Waals surface area (Å²) in [4.78, 5) is 8.89. The van der Waals surface area contributed by atoms with Crippen LogP contribution in [0.3, 0.4) is 0 Å². The van der Waals surface area contributed by atoms with Crippen molar-refractivity contribution >= 4 is 27.1 Å². The van der Waals surface area contributed by atoms with Crippen LogP contribution in [0.1, 0.15) is 38.9 Å². The normalized spacial score (nSPS) is 12.8. The van der Waals surface area contributed by atoms with Gasteiger partial charge in [-0.2, -0.15) is 17.9 Å². The minimum Gasteiger partial charge on any atom is -0.619 e. The van der Waals surface area contributed by atoms with Crippen LogP contribution in [0.15, 0.2) is 48.8 Å². The summed E-state index contributed by atoms with van der Waals surface area (Å²) in [5.74, 6) is -0.00666. The van der Waals surface area contributed by atoms with Gasteiger partial charge in [0.1, 0.15) is 6.10 Å². The highest BCUT2D eigenvalue weighted by atomic mass is 32.2. The number of benzene rings is 1. The monoisotopic (exact) mass is 431 g/mol. The van der Waals surface area contributed by atoms with Crippen molar-refractivity contribution in [1.29, 1.82) is 0 Å². The molecule has 9 nitrogen and oxygen atoms in total. The second kappa shape index (κ2) is 9.23. The Balaban J connectivity index is 2.03. The Labute approximate surface area is 175 Å². The van der Waals surface area contributed by atoms with Gasteiger partial charge in [0.15, 0.2) is 12.4 Å². The second-order valence-corrected chi connectivity index (χ2v) is 8.65. The first kappa shape index (κ1) is 21.7. The molecule has 160 valence electrons. The number of hydrogen-bond acceptors (Lipinski definition) is 6. The van der Waals surface area contributed by atoms with Crippen molar-refractivity contribution in [2.24, 2.45) is 5.92 Å². The topological polar surface area (TPSA) is 120 Å². The van der Waals surface area contributed by atoms with Crippen LogP contribution in [-0.4, -0.2) is 24.9 Å². The van der Waals surface area contributed by atoms with Crippen molar-refractivity contribution in [1.82, 2.24) is 14.7 Å². The highest BCUT2D eigenvalue weighted by Crippen LogP contribution is 2.32. The van der Waals surface area contributed by atoms with Gasteiger partial charge in [0.2, 0.25) is 5.82 Å². The first-order chi connectivity index (χ1) is 14.3. The van der Waals surface area contributed by atoms with Crippen LogP contribution in [0.25, 0.3) is 11.0 Å². The first-order valence-electron chi connectivity index (χ1n) is 9.68. The van der Waals surface area contributed by atoms with E-state index < -0.39 is 16.3 Å². The number of ether oxygens (including phenoxy) is 1. The molecule has 2 N–H and O–H groups in total. The minimum absolute atomic E-state index is 0.0196. The van der Waals surface area contributed by atoms with E-state index in [1.54, 1.807) is 30.3 Å². The van der Waals surface area contributed by atoms with Gasteiger partial charge in [0, 0.05) is 12.6 Å². The summed E-state index contributed by atoms with van der Waals surface area (Å²) >= 11 is 0. The molecule has 3 aromatic rings. The molecular formula is C20H25N5O4S. The van der Waals surface area contributed by atoms with Crippen LogP contribution in [0.4, 0.5) is 5.82 Å². The van der Waals surface area contributed by atoms with E-state index in [9.17, 15) is 13.6 Å². The van der Waals surface area contributed by atoms with Crippen molar-refractivity contribution in [2.45, 2.75) is 33.3 Å². The maximum absolute atomic E-state index is 12.4. The van der Waals surface area contributed by atoms with Crippen LogP contribution in [0, 0.1) is 11.1 Å². The fourth-order valence-electron chi connectivity index (χ4n) is 2.88. The third-order valence-corrected chi connectivity index (χ3v) is 5.33. The van der Waals surface area contributed by atoms with Gasteiger partial charge in [-0.25, -0.2) is 9.97 Å². The summed E-state index contributed by atoms with van der Waals surface area (Å²) in [6.45, 7) is 6.03. The van der Waals surface area contributed by atoms with Gasteiger partial charge in [-0.3, -0.25) is 4.72 Å². The summed E-state index contributed by atoms with van der Waals surface area (Å²) in [5.41, 5.74) is 1.73. The fourth-order valence-corrected chi connectivity index (χ4v) is 3.81. The lowest BCUT2D eigenvalue weighted by atomic mass is 10.0. The Kier molecular flexibility index (Phi) is 6.68. The van der Waals surface area contributed by atoms with Crippen molar-refractivity contribution in [3.63, 3.8) is 0 Å². The maximum Gasteiger partial charge on any atom is 0.300 e. The summed E-state index contributed by atoms with van der Waals surface area (Å²) in [7, 11) is -3.85. The van der Waals surface area contributed by atoms with E-state index in [1.807, 2.05) is 26.8 Å². The van der Waals surface area contributed by atoms with Gasteiger partial charge in [-0.1, -0.05) is 32.9 Å². The van der Waals surface area contributed by atoms with Gasteiger partial charge in [-0.15, -0.1) is 0 Å². The van der Waals surface area contributed by atoms with Crippen LogP contribution in [0.5, 0.6) is 5.88 Å². The lowest BCUT2D eigenvalue weighted by Gasteiger charge is -2.23. The van der Waals surface area contributed by atoms with Crippen molar-refractivity contribution in [3.8, 4) is 5.88 Å². The quantitative estimate of drug-likeness (QED) is 0.397. The zero-order valence-electron chi connectivity index (χ0n) is 17.1. The summed E-state index contributed by atoms with van der Waals surface area (Å²) < 4.78 is 36.5. The van der Waals surface area contributed by atoms with E-state index in [2.05, 4.69) is 19.4 Å². The molecule has 0 saturated carbocycles. The maximum atomic E-state index is 12.4. The van der Waals surface area contributed by atoms with Crippen molar-refractivity contribution < 1.29 is 17.9 Å². The molecule has 0 radical (unpaired) electrons. The average Bonchev–Trinajstić information content (AvgIpc) is 2.70. The molecule has 0 aliphatic carbocycles. The Morgan fingerprint density at radius 1 is 1.13 bits per heavy atom. The van der Waals surface area contributed by atoms with Crippen LogP contribution in [0.2, 0.25) is 0 Å². The molecule has 30 heavy (non-hydrogen) atoms. The predicted molar refractivity (Wildman–Crippen MR) is 114 cm³/mol. The lowest BCUT2D eigenvalue weighted by Crippen LogP contribution is -2.31. The Bertz CT molecular complexity index is 1120. The van der Waals surface area contributed by atoms with Gasteiger partial charge < -0.3 is 9.94 Å². The van der Waals surface area contributed by atoms with Crippen LogP contribution >= 0.6 is 0 Å². The number of rotatable bonds is 9. The standard InChI is InChI=1S/C20H25N5O4S/c1-4-11-21-30(27,28)24-19-20(23-17-10-6-5-9-16(17)22-19)29-18(14(2)3)15-8-7-12-25(26)13-15/h5-10,12-14,18,21H,4,11H2,1-3H3,(H,22,24)/t18-/m1/s1. The lowest BCUT2D eigenvalue weighted by molar-refractivity contribution is -0.606. The molecular weight excluding hydrogens is 406 g/mol. The number of fused-ring (bicyclic) bond motifs is 1. The van der Waals surface area contributed by atoms with E-state index in [0.29, 0.717) is 27.7 Å². The molecule has 0 spiro atoms. The third kappa shape index (κ3) is 5.33. The van der Waals surface area contributed by atoms with E-state index >= 15 is 0 Å². The minimum atomic E-state index is -3.85. The van der Waals surface area contributed by atoms with Crippen LogP contribution in [-0.2, 0) is 10.2 Å². The molecule has 0 fully saturated rings. The van der Waals surface area contributed by atoms with Crippen molar-refractivity contribution in [2.75, 3.05) is 11.3 Å². The molecule has 0 aliphatic heterocycles. The Morgan fingerprint density at radius 3 is 2.47 bits per heavy atom. The smallest absolute Gasteiger partial charge is 0.300 e. The van der Waals surface area contributed by atoms with Gasteiger partial charge in [-0.05, 0) is 30.5 Å². The molecule has 10 heteroatoms. The fraction of sp³-hybridized carbons (Fsp3) is 0.350. The number of pyridine rings is 1. The number of para-hydroxylation sites is 2. The molecule has 0 aliphatic rings. The number of aromatic nitrogens is 3. The Hall–Kier alpha value is -2.98. The Morgan fingerprint density at radius 2 is 1.83 bits per heavy atom.